The van der Waals surface area contributed by atoms with Gasteiger partial charge in [-0.1, -0.05) is 6.07 Å². The Morgan fingerprint density at radius 2 is 2.16 bits per heavy atom. The number of hydrogen-bond acceptors (Lipinski definition) is 8. The number of alkyl halides is 3. The molecule has 0 aliphatic carbocycles. The number of methoxy groups -OCH3 is 1. The van der Waals surface area contributed by atoms with Crippen LogP contribution in [0, 0.1) is 11.3 Å². The smallest absolute Gasteiger partial charge is 0.285 e. The van der Waals surface area contributed by atoms with Gasteiger partial charge in [-0.3, -0.25) is 4.79 Å². The molecule has 10 nitrogen and oxygen atoms in total. The monoisotopic (exact) mass is 522 g/mol. The number of carbonyl (C=O) groups is 1. The Morgan fingerprint density at radius 3 is 2.78 bits per heavy atom. The van der Waals surface area contributed by atoms with Gasteiger partial charge in [-0.25, -0.2) is 27.6 Å². The van der Waals surface area contributed by atoms with E-state index in [9.17, 15) is 18.0 Å². The van der Waals surface area contributed by atoms with E-state index in [-0.39, 0.29) is 48.1 Å². The summed E-state index contributed by atoms with van der Waals surface area (Å²) in [6, 6.07) is 3.18. The van der Waals surface area contributed by atoms with Gasteiger partial charge in [-0.2, -0.15) is 10.1 Å². The molecule has 1 aliphatic rings. The van der Waals surface area contributed by atoms with Crippen molar-refractivity contribution in [1.29, 1.82) is 5.53 Å². The van der Waals surface area contributed by atoms with Gasteiger partial charge in [-0.15, -0.1) is 5.10 Å². The van der Waals surface area contributed by atoms with Crippen molar-refractivity contribution in [2.24, 2.45) is 5.11 Å². The lowest BCUT2D eigenvalue weighted by Crippen LogP contribution is -2.55. The summed E-state index contributed by atoms with van der Waals surface area (Å²) in [5.41, 5.74) is 8.46. The van der Waals surface area contributed by atoms with Gasteiger partial charge in [0.25, 0.3) is 5.92 Å². The zero-order valence-corrected chi connectivity index (χ0v) is 20.4. The standard InChI is InChI=1S/C23H26F4N8O2/c1-12(24)9-29-17-8-14(4-5-16(17)32-28)19-15(25)10-35-20(19)21(37-3)31-22(33-35)30-18-6-7-34(13(2)36)11-23(18,26)27/h4-5,8,10,12,18,28-29H,6-7,9,11H2,1-3H3,(H,30,33)/t12-,18+/m0/s1. The van der Waals surface area contributed by atoms with E-state index in [1.165, 1.54) is 39.2 Å². The number of amides is 1. The third-order valence-electron chi connectivity index (χ3n) is 6.07. The van der Waals surface area contributed by atoms with E-state index in [0.29, 0.717) is 11.3 Å². The van der Waals surface area contributed by atoms with Gasteiger partial charge in [0.15, 0.2) is 5.82 Å². The summed E-state index contributed by atoms with van der Waals surface area (Å²) in [5.74, 6) is -4.63. The molecule has 2 aromatic heterocycles. The molecule has 3 aromatic rings. The van der Waals surface area contributed by atoms with Crippen molar-refractivity contribution < 1.29 is 27.1 Å². The molecule has 0 saturated carbocycles. The first-order valence-electron chi connectivity index (χ1n) is 11.5. The van der Waals surface area contributed by atoms with Crippen LogP contribution in [0.4, 0.5) is 34.9 Å². The predicted octanol–water partition coefficient (Wildman–Crippen LogP) is 4.64. The predicted molar refractivity (Wildman–Crippen MR) is 128 cm³/mol. The lowest BCUT2D eigenvalue weighted by molar-refractivity contribution is -0.140. The highest BCUT2D eigenvalue weighted by molar-refractivity contribution is 5.88. The Labute approximate surface area is 209 Å². The second-order valence-electron chi connectivity index (χ2n) is 8.78. The molecular weight excluding hydrogens is 496 g/mol. The first kappa shape index (κ1) is 26.1. The average molecular weight is 523 g/mol. The van der Waals surface area contributed by atoms with Gasteiger partial charge >= 0.3 is 0 Å². The minimum absolute atomic E-state index is 0.0393. The zero-order valence-electron chi connectivity index (χ0n) is 20.4. The maximum atomic E-state index is 15.2. The van der Waals surface area contributed by atoms with Gasteiger partial charge in [0.05, 0.1) is 37.1 Å². The molecule has 37 heavy (non-hydrogen) atoms. The second-order valence-corrected chi connectivity index (χ2v) is 8.78. The molecule has 4 rings (SSSR count). The van der Waals surface area contributed by atoms with E-state index in [1.807, 2.05) is 0 Å². The molecule has 1 amide bonds. The number of piperidine rings is 1. The minimum Gasteiger partial charge on any atom is -0.479 e. The van der Waals surface area contributed by atoms with Crippen molar-refractivity contribution in [3.63, 3.8) is 0 Å². The number of aromatic nitrogens is 3. The quantitative estimate of drug-likeness (QED) is 0.293. The number of carbonyl (C=O) groups excluding carboxylic acids is 1. The molecule has 1 aliphatic heterocycles. The van der Waals surface area contributed by atoms with Gasteiger partial charge < -0.3 is 20.3 Å². The second kappa shape index (κ2) is 10.2. The Hall–Kier alpha value is -3.97. The van der Waals surface area contributed by atoms with Crippen LogP contribution in [0.25, 0.3) is 16.6 Å². The molecule has 1 saturated heterocycles. The van der Waals surface area contributed by atoms with Crippen LogP contribution in [0.15, 0.2) is 29.5 Å². The molecule has 0 bridgehead atoms. The molecule has 0 unspecified atom stereocenters. The summed E-state index contributed by atoms with van der Waals surface area (Å²) in [6.07, 6.45) is -0.144. The molecule has 1 aromatic carbocycles. The van der Waals surface area contributed by atoms with Crippen molar-refractivity contribution >= 4 is 28.7 Å². The maximum Gasteiger partial charge on any atom is 0.285 e. The number of nitrogens with one attached hydrogen (secondary N) is 3. The van der Waals surface area contributed by atoms with E-state index in [2.05, 4.69) is 25.8 Å². The van der Waals surface area contributed by atoms with Gasteiger partial charge in [0.2, 0.25) is 17.7 Å². The number of fused-ring (bicyclic) bond motifs is 1. The normalized spacial score (nSPS) is 17.9. The lowest BCUT2D eigenvalue weighted by atomic mass is 10.0. The SMILES string of the molecule is COc1nc(N[C@@H]2CCN(C(C)=O)CC2(F)F)nn2cc(F)c(-c3ccc(N=N)c(NC[C@H](C)F)c3)c12. The molecular formula is C23H26F4N8O2. The van der Waals surface area contributed by atoms with Crippen LogP contribution in [0.1, 0.15) is 20.3 Å². The van der Waals surface area contributed by atoms with E-state index < -0.39 is 36.4 Å². The fourth-order valence-electron chi connectivity index (χ4n) is 4.22. The van der Waals surface area contributed by atoms with E-state index in [4.69, 9.17) is 10.3 Å². The highest BCUT2D eigenvalue weighted by Crippen LogP contribution is 2.38. The van der Waals surface area contributed by atoms with Crippen molar-refractivity contribution in [1.82, 2.24) is 19.5 Å². The van der Waals surface area contributed by atoms with Crippen LogP contribution in [-0.4, -0.2) is 70.3 Å². The molecule has 0 spiro atoms. The van der Waals surface area contributed by atoms with Crippen molar-refractivity contribution in [3.05, 3.63) is 30.2 Å². The summed E-state index contributed by atoms with van der Waals surface area (Å²) in [7, 11) is 1.30. The molecule has 14 heteroatoms. The molecule has 2 atom stereocenters. The summed E-state index contributed by atoms with van der Waals surface area (Å²) < 4.78 is 64.5. The number of rotatable bonds is 8. The van der Waals surface area contributed by atoms with Crippen LogP contribution < -0.4 is 15.4 Å². The lowest BCUT2D eigenvalue weighted by Gasteiger charge is -2.38. The molecule has 3 heterocycles. The Kier molecular flexibility index (Phi) is 7.18. The third-order valence-corrected chi connectivity index (χ3v) is 6.07. The molecule has 0 radical (unpaired) electrons. The van der Waals surface area contributed by atoms with Crippen molar-refractivity contribution in [3.8, 4) is 17.0 Å². The van der Waals surface area contributed by atoms with E-state index >= 15 is 4.39 Å². The van der Waals surface area contributed by atoms with Crippen LogP contribution in [0.5, 0.6) is 5.88 Å². The number of anilines is 2. The van der Waals surface area contributed by atoms with Crippen LogP contribution in [0.3, 0.4) is 0 Å². The minimum atomic E-state index is -3.24. The Bertz CT molecular complexity index is 1330. The highest BCUT2D eigenvalue weighted by Gasteiger charge is 2.46. The summed E-state index contributed by atoms with van der Waals surface area (Å²) >= 11 is 0. The molecule has 198 valence electrons. The van der Waals surface area contributed by atoms with Crippen LogP contribution in [0.2, 0.25) is 0 Å². The maximum absolute atomic E-state index is 15.2. The highest BCUT2D eigenvalue weighted by atomic mass is 19.3. The van der Waals surface area contributed by atoms with Crippen molar-refractivity contribution in [2.45, 2.75) is 38.4 Å². The van der Waals surface area contributed by atoms with E-state index in [0.717, 1.165) is 15.6 Å². The fraction of sp³-hybridized carbons (Fsp3) is 0.435. The summed E-state index contributed by atoms with van der Waals surface area (Å²) in [4.78, 5) is 16.8. The number of likely N-dealkylation sites (tertiary alicyclic amines) is 1. The van der Waals surface area contributed by atoms with Gasteiger partial charge in [-0.05, 0) is 31.0 Å². The largest absolute Gasteiger partial charge is 0.479 e. The Balaban J connectivity index is 1.71. The van der Waals surface area contributed by atoms with E-state index in [1.54, 1.807) is 0 Å². The molecule has 3 N–H and O–H groups in total. The topological polar surface area (TPSA) is 120 Å². The van der Waals surface area contributed by atoms with Gasteiger partial charge in [0, 0.05) is 20.0 Å². The summed E-state index contributed by atoms with van der Waals surface area (Å²) in [5, 5.41) is 13.0. The first-order chi connectivity index (χ1) is 17.5. The summed E-state index contributed by atoms with van der Waals surface area (Å²) in [6.45, 7) is 1.97. The number of ether oxygens (including phenoxy) is 1. The van der Waals surface area contributed by atoms with Gasteiger partial charge in [0.1, 0.15) is 17.4 Å². The number of benzene rings is 1. The Morgan fingerprint density at radius 1 is 1.41 bits per heavy atom. The number of nitrogens with zero attached hydrogens (tertiary/aromatic N) is 5. The number of halogens is 4. The zero-order chi connectivity index (χ0) is 26.9. The first-order valence-corrected chi connectivity index (χ1v) is 11.5. The number of hydrogen-bond donors (Lipinski definition) is 3. The van der Waals surface area contributed by atoms with Crippen molar-refractivity contribution in [2.75, 3.05) is 37.4 Å². The average Bonchev–Trinajstić information content (AvgIpc) is 3.18. The third kappa shape index (κ3) is 5.27. The van der Waals surface area contributed by atoms with Crippen LogP contribution >= 0.6 is 0 Å². The molecule has 1 fully saturated rings. The van der Waals surface area contributed by atoms with Crippen LogP contribution in [-0.2, 0) is 4.79 Å². The fourth-order valence-corrected chi connectivity index (χ4v) is 4.22.